The van der Waals surface area contributed by atoms with Gasteiger partial charge in [-0.25, -0.2) is 0 Å². The molecular formula is C15H26N2O2. The van der Waals surface area contributed by atoms with Crippen molar-refractivity contribution in [2.75, 3.05) is 32.7 Å². The van der Waals surface area contributed by atoms with Crippen LogP contribution in [0, 0.1) is 11.8 Å². The van der Waals surface area contributed by atoms with Gasteiger partial charge in [-0.15, -0.1) is 0 Å². The van der Waals surface area contributed by atoms with E-state index in [9.17, 15) is 9.90 Å². The highest BCUT2D eigenvalue weighted by Crippen LogP contribution is 2.37. The molecule has 3 rings (SSSR count). The van der Waals surface area contributed by atoms with Crippen molar-refractivity contribution in [2.45, 2.75) is 44.6 Å². The number of aliphatic carboxylic acids is 1. The number of carbonyl (C=O) groups is 1. The summed E-state index contributed by atoms with van der Waals surface area (Å²) in [4.78, 5) is 16.2. The highest BCUT2D eigenvalue weighted by atomic mass is 16.4. The zero-order chi connectivity index (χ0) is 13.2. The highest BCUT2D eigenvalue weighted by Gasteiger charge is 2.41. The Morgan fingerprint density at radius 3 is 2.21 bits per heavy atom. The first-order valence-corrected chi connectivity index (χ1v) is 7.93. The quantitative estimate of drug-likeness (QED) is 0.822. The molecule has 4 heteroatoms. The molecule has 2 heterocycles. The molecule has 3 fully saturated rings. The summed E-state index contributed by atoms with van der Waals surface area (Å²) in [6.07, 6.45) is 7.33. The minimum Gasteiger partial charge on any atom is -0.480 e. The van der Waals surface area contributed by atoms with E-state index in [1.165, 1.54) is 45.3 Å². The zero-order valence-corrected chi connectivity index (χ0v) is 11.8. The van der Waals surface area contributed by atoms with Crippen molar-refractivity contribution in [1.29, 1.82) is 0 Å². The minimum atomic E-state index is -0.597. The van der Waals surface area contributed by atoms with Crippen LogP contribution in [0.5, 0.6) is 0 Å². The average Bonchev–Trinajstić information content (AvgIpc) is 3.08. The summed E-state index contributed by atoms with van der Waals surface area (Å²) in [7, 11) is 0. The molecule has 4 nitrogen and oxygen atoms in total. The fourth-order valence-electron chi connectivity index (χ4n) is 3.81. The minimum absolute atomic E-state index is 0.187. The van der Waals surface area contributed by atoms with Gasteiger partial charge in [0.15, 0.2) is 0 Å². The SMILES string of the molecule is O=C(O)C(C1CC1)N1CCC(CN2CCCC2)CC1. The van der Waals surface area contributed by atoms with E-state index in [0.717, 1.165) is 31.8 Å². The van der Waals surface area contributed by atoms with Gasteiger partial charge in [0, 0.05) is 6.54 Å². The predicted octanol–water partition coefficient (Wildman–Crippen LogP) is 1.66. The smallest absolute Gasteiger partial charge is 0.321 e. The van der Waals surface area contributed by atoms with Crippen molar-refractivity contribution < 1.29 is 9.90 Å². The van der Waals surface area contributed by atoms with E-state index in [1.807, 2.05) is 0 Å². The number of carboxylic acid groups (broad SMARTS) is 1. The van der Waals surface area contributed by atoms with Crippen molar-refractivity contribution in [3.8, 4) is 0 Å². The first kappa shape index (κ1) is 13.4. The van der Waals surface area contributed by atoms with Crippen LogP contribution in [0.25, 0.3) is 0 Å². The first-order chi connectivity index (χ1) is 9.24. The zero-order valence-electron chi connectivity index (χ0n) is 11.8. The monoisotopic (exact) mass is 266 g/mol. The molecule has 0 bridgehead atoms. The third-order valence-electron chi connectivity index (χ3n) is 5.08. The van der Waals surface area contributed by atoms with Gasteiger partial charge in [0.25, 0.3) is 0 Å². The molecule has 1 atom stereocenters. The Labute approximate surface area is 115 Å². The molecule has 1 unspecified atom stereocenters. The Hall–Kier alpha value is -0.610. The van der Waals surface area contributed by atoms with Gasteiger partial charge in [-0.05, 0) is 76.5 Å². The second-order valence-corrected chi connectivity index (χ2v) is 6.61. The second-order valence-electron chi connectivity index (χ2n) is 6.61. The van der Waals surface area contributed by atoms with Crippen LogP contribution in [-0.4, -0.2) is 59.6 Å². The van der Waals surface area contributed by atoms with E-state index >= 15 is 0 Å². The van der Waals surface area contributed by atoms with Gasteiger partial charge in [-0.1, -0.05) is 0 Å². The lowest BCUT2D eigenvalue weighted by Gasteiger charge is -2.37. The fourth-order valence-corrected chi connectivity index (χ4v) is 3.81. The summed E-state index contributed by atoms with van der Waals surface area (Å²) in [5.41, 5.74) is 0. The molecule has 0 aromatic heterocycles. The lowest BCUT2D eigenvalue weighted by molar-refractivity contribution is -0.144. The lowest BCUT2D eigenvalue weighted by Crippen LogP contribution is -2.48. The Bertz CT molecular complexity index is 316. The number of piperidine rings is 1. The van der Waals surface area contributed by atoms with Crippen LogP contribution in [-0.2, 0) is 4.79 Å². The van der Waals surface area contributed by atoms with Crippen LogP contribution in [0.4, 0.5) is 0 Å². The Kier molecular flexibility index (Phi) is 4.08. The number of rotatable bonds is 5. The Morgan fingerprint density at radius 2 is 1.68 bits per heavy atom. The Morgan fingerprint density at radius 1 is 1.05 bits per heavy atom. The van der Waals surface area contributed by atoms with Crippen LogP contribution in [0.15, 0.2) is 0 Å². The topological polar surface area (TPSA) is 43.8 Å². The third-order valence-corrected chi connectivity index (χ3v) is 5.08. The van der Waals surface area contributed by atoms with Crippen molar-refractivity contribution in [1.82, 2.24) is 9.80 Å². The fraction of sp³-hybridized carbons (Fsp3) is 0.933. The van der Waals surface area contributed by atoms with Crippen molar-refractivity contribution in [3.63, 3.8) is 0 Å². The molecule has 1 saturated carbocycles. The molecule has 108 valence electrons. The van der Waals surface area contributed by atoms with Crippen LogP contribution < -0.4 is 0 Å². The molecule has 0 spiro atoms. The van der Waals surface area contributed by atoms with Crippen LogP contribution in [0.3, 0.4) is 0 Å². The van der Waals surface area contributed by atoms with Crippen molar-refractivity contribution in [2.24, 2.45) is 11.8 Å². The molecule has 2 aliphatic heterocycles. The number of hydrogen-bond donors (Lipinski definition) is 1. The van der Waals surface area contributed by atoms with E-state index in [4.69, 9.17) is 0 Å². The molecular weight excluding hydrogens is 240 g/mol. The van der Waals surface area contributed by atoms with Gasteiger partial charge in [0.05, 0.1) is 0 Å². The Balaban J connectivity index is 1.46. The summed E-state index contributed by atoms with van der Waals surface area (Å²) in [6, 6.07) is -0.187. The van der Waals surface area contributed by atoms with Crippen LogP contribution in [0.2, 0.25) is 0 Å². The first-order valence-electron chi connectivity index (χ1n) is 7.93. The summed E-state index contributed by atoms with van der Waals surface area (Å²) in [6.45, 7) is 5.78. The molecule has 1 aliphatic carbocycles. The average molecular weight is 266 g/mol. The largest absolute Gasteiger partial charge is 0.480 e. The van der Waals surface area contributed by atoms with Crippen LogP contribution >= 0.6 is 0 Å². The van der Waals surface area contributed by atoms with Gasteiger partial charge >= 0.3 is 5.97 Å². The predicted molar refractivity (Wildman–Crippen MR) is 74.1 cm³/mol. The summed E-state index contributed by atoms with van der Waals surface area (Å²) >= 11 is 0. The van der Waals surface area contributed by atoms with Crippen LogP contribution in [0.1, 0.15) is 38.5 Å². The van der Waals surface area contributed by atoms with E-state index in [0.29, 0.717) is 5.92 Å². The highest BCUT2D eigenvalue weighted by molar-refractivity contribution is 5.74. The van der Waals surface area contributed by atoms with Gasteiger partial charge in [-0.2, -0.15) is 0 Å². The van der Waals surface area contributed by atoms with Gasteiger partial charge in [-0.3, -0.25) is 9.69 Å². The molecule has 0 amide bonds. The van der Waals surface area contributed by atoms with Gasteiger partial charge in [0.2, 0.25) is 0 Å². The number of likely N-dealkylation sites (tertiary alicyclic amines) is 2. The lowest BCUT2D eigenvalue weighted by atomic mass is 9.94. The molecule has 19 heavy (non-hydrogen) atoms. The molecule has 0 aromatic rings. The normalized spacial score (nSPS) is 28.6. The van der Waals surface area contributed by atoms with Crippen molar-refractivity contribution >= 4 is 5.97 Å². The van der Waals surface area contributed by atoms with Gasteiger partial charge < -0.3 is 10.0 Å². The third kappa shape index (κ3) is 3.29. The second kappa shape index (κ2) is 5.80. The molecule has 1 N–H and O–H groups in total. The molecule has 2 saturated heterocycles. The van der Waals surface area contributed by atoms with Gasteiger partial charge in [0.1, 0.15) is 6.04 Å². The standard InChI is InChI=1S/C15H26N2O2/c18-15(19)14(13-3-4-13)17-9-5-12(6-10-17)11-16-7-1-2-8-16/h12-14H,1-11H2,(H,18,19). The maximum atomic E-state index is 11.4. The molecule has 3 aliphatic rings. The molecule has 0 aromatic carbocycles. The number of hydrogen-bond acceptors (Lipinski definition) is 3. The summed E-state index contributed by atoms with van der Waals surface area (Å²) in [5.74, 6) is 0.635. The van der Waals surface area contributed by atoms with E-state index in [2.05, 4.69) is 9.80 Å². The maximum absolute atomic E-state index is 11.4. The number of nitrogens with zero attached hydrogens (tertiary/aromatic N) is 2. The van der Waals surface area contributed by atoms with E-state index < -0.39 is 5.97 Å². The molecule has 0 radical (unpaired) electrons. The maximum Gasteiger partial charge on any atom is 0.321 e. The van der Waals surface area contributed by atoms with E-state index in [-0.39, 0.29) is 6.04 Å². The summed E-state index contributed by atoms with van der Waals surface area (Å²) < 4.78 is 0. The van der Waals surface area contributed by atoms with Crippen molar-refractivity contribution in [3.05, 3.63) is 0 Å². The van der Waals surface area contributed by atoms with E-state index in [1.54, 1.807) is 0 Å². The number of carboxylic acids is 1. The summed E-state index contributed by atoms with van der Waals surface area (Å²) in [5, 5.41) is 9.38.